The predicted octanol–water partition coefficient (Wildman–Crippen LogP) is -2.52. The van der Waals surface area contributed by atoms with Gasteiger partial charge in [0.15, 0.2) is 5.78 Å². The van der Waals surface area contributed by atoms with Gasteiger partial charge in [0.25, 0.3) is 0 Å². The lowest BCUT2D eigenvalue weighted by atomic mass is 9.87. The third-order valence-corrected chi connectivity index (χ3v) is 2.94. The average Bonchev–Trinajstić information content (AvgIpc) is 2.31. The summed E-state index contributed by atoms with van der Waals surface area (Å²) < 4.78 is 4.95. The minimum atomic E-state index is -2.36. The highest BCUT2D eigenvalue weighted by Gasteiger charge is 2.55. The summed E-state index contributed by atoms with van der Waals surface area (Å²) in [5.74, 6) is -3.03. The SMILES string of the molecule is CCCC(=O)C1(O)O[C@H](CO)[C@@H](O)[C@H](O)[C@H]1N. The molecule has 0 saturated carbocycles. The fourth-order valence-electron chi connectivity index (χ4n) is 1.85. The Morgan fingerprint density at radius 3 is 2.47 bits per heavy atom. The Hall–Kier alpha value is -0.570. The third-order valence-electron chi connectivity index (χ3n) is 2.94. The third kappa shape index (κ3) is 2.49. The van der Waals surface area contributed by atoms with Crippen LogP contribution in [0.4, 0.5) is 0 Å². The standard InChI is InChI=1S/C10H19NO6/c1-2-3-6(13)10(16)9(11)8(15)7(14)5(4-12)17-10/h5,7-9,12,14-16H,2-4,11H2,1H3/t5-,7-,8+,9-,10?/m1/s1. The maximum Gasteiger partial charge on any atom is 0.245 e. The summed E-state index contributed by atoms with van der Waals surface area (Å²) in [6.07, 6.45) is -3.70. The molecule has 0 spiro atoms. The number of ketones is 1. The van der Waals surface area contributed by atoms with Crippen molar-refractivity contribution in [3.05, 3.63) is 0 Å². The summed E-state index contributed by atoms with van der Waals surface area (Å²) in [6, 6.07) is -1.45. The zero-order chi connectivity index (χ0) is 13.2. The lowest BCUT2D eigenvalue weighted by Crippen LogP contribution is -2.71. The van der Waals surface area contributed by atoms with Gasteiger partial charge < -0.3 is 30.9 Å². The molecule has 0 bridgehead atoms. The Morgan fingerprint density at radius 2 is 2.00 bits per heavy atom. The van der Waals surface area contributed by atoms with Crippen molar-refractivity contribution in [2.24, 2.45) is 5.73 Å². The lowest BCUT2D eigenvalue weighted by Gasteiger charge is -2.45. The average molecular weight is 249 g/mol. The number of aliphatic hydroxyl groups is 4. The minimum Gasteiger partial charge on any atom is -0.394 e. The van der Waals surface area contributed by atoms with Gasteiger partial charge in [0, 0.05) is 6.42 Å². The molecule has 0 amide bonds. The molecule has 0 aromatic heterocycles. The van der Waals surface area contributed by atoms with E-state index in [0.717, 1.165) is 0 Å². The molecular weight excluding hydrogens is 230 g/mol. The van der Waals surface area contributed by atoms with Gasteiger partial charge in [-0.25, -0.2) is 0 Å². The van der Waals surface area contributed by atoms with E-state index in [4.69, 9.17) is 15.6 Å². The number of nitrogens with two attached hydrogens (primary N) is 1. The zero-order valence-corrected chi connectivity index (χ0v) is 9.61. The molecule has 1 aliphatic rings. The van der Waals surface area contributed by atoms with Crippen LogP contribution in [0.1, 0.15) is 19.8 Å². The number of rotatable bonds is 4. The van der Waals surface area contributed by atoms with Crippen LogP contribution in [0, 0.1) is 0 Å². The van der Waals surface area contributed by atoms with Crippen LogP contribution in [-0.4, -0.2) is 63.0 Å². The first-order valence-corrected chi connectivity index (χ1v) is 5.54. The van der Waals surface area contributed by atoms with Gasteiger partial charge in [0.2, 0.25) is 5.79 Å². The van der Waals surface area contributed by atoms with Gasteiger partial charge in [-0.15, -0.1) is 0 Å². The predicted molar refractivity (Wildman–Crippen MR) is 56.8 cm³/mol. The van der Waals surface area contributed by atoms with Gasteiger partial charge in [-0.3, -0.25) is 4.79 Å². The Kier molecular flexibility index (Phi) is 4.59. The molecule has 0 radical (unpaired) electrons. The number of hydrogen-bond acceptors (Lipinski definition) is 7. The Labute approximate surface area is 98.8 Å². The van der Waals surface area contributed by atoms with Crippen molar-refractivity contribution in [3.8, 4) is 0 Å². The topological polar surface area (TPSA) is 133 Å². The number of aliphatic hydroxyl groups excluding tert-OH is 3. The van der Waals surface area contributed by atoms with Gasteiger partial charge in [-0.1, -0.05) is 6.92 Å². The van der Waals surface area contributed by atoms with Crippen LogP contribution in [0.3, 0.4) is 0 Å². The largest absolute Gasteiger partial charge is 0.394 e. The molecular formula is C10H19NO6. The van der Waals surface area contributed by atoms with Crippen LogP contribution in [0.25, 0.3) is 0 Å². The highest BCUT2D eigenvalue weighted by atomic mass is 16.7. The second-order valence-corrected chi connectivity index (χ2v) is 4.22. The molecule has 1 fully saturated rings. The number of hydrogen-bond donors (Lipinski definition) is 5. The van der Waals surface area contributed by atoms with Crippen molar-refractivity contribution in [2.75, 3.05) is 6.61 Å². The first kappa shape index (κ1) is 14.5. The molecule has 1 heterocycles. The highest BCUT2D eigenvalue weighted by Crippen LogP contribution is 2.28. The summed E-state index contributed by atoms with van der Waals surface area (Å²) in [4.78, 5) is 11.7. The summed E-state index contributed by atoms with van der Waals surface area (Å²) in [5.41, 5.74) is 5.51. The minimum absolute atomic E-state index is 0.0329. The number of Topliss-reactive ketones (excluding diaryl/α,β-unsaturated/α-hetero) is 1. The van der Waals surface area contributed by atoms with Crippen molar-refractivity contribution in [1.82, 2.24) is 0 Å². The smallest absolute Gasteiger partial charge is 0.245 e. The summed E-state index contributed by atoms with van der Waals surface area (Å²) in [6.45, 7) is 1.11. The molecule has 0 aromatic carbocycles. The molecule has 1 aliphatic heterocycles. The lowest BCUT2D eigenvalue weighted by molar-refractivity contribution is -0.297. The first-order chi connectivity index (χ1) is 7.88. The van der Waals surface area contributed by atoms with E-state index in [0.29, 0.717) is 6.42 Å². The van der Waals surface area contributed by atoms with Crippen LogP contribution < -0.4 is 5.73 Å². The van der Waals surface area contributed by atoms with E-state index in [2.05, 4.69) is 0 Å². The molecule has 7 heteroatoms. The number of carbonyl (C=O) groups excluding carboxylic acids is 1. The van der Waals surface area contributed by atoms with Crippen molar-refractivity contribution in [3.63, 3.8) is 0 Å². The maximum atomic E-state index is 11.7. The fraction of sp³-hybridized carbons (Fsp3) is 0.900. The van der Waals surface area contributed by atoms with E-state index in [1.54, 1.807) is 6.92 Å². The van der Waals surface area contributed by atoms with Crippen LogP contribution in [0.15, 0.2) is 0 Å². The molecule has 1 saturated heterocycles. The molecule has 0 aliphatic carbocycles. The summed E-state index contributed by atoms with van der Waals surface area (Å²) >= 11 is 0. The van der Waals surface area contributed by atoms with Gasteiger partial charge in [-0.2, -0.15) is 0 Å². The fourth-order valence-corrected chi connectivity index (χ4v) is 1.85. The second-order valence-electron chi connectivity index (χ2n) is 4.22. The van der Waals surface area contributed by atoms with E-state index in [-0.39, 0.29) is 6.42 Å². The molecule has 5 atom stereocenters. The monoisotopic (exact) mass is 249 g/mol. The van der Waals surface area contributed by atoms with Gasteiger partial charge in [0.1, 0.15) is 18.3 Å². The van der Waals surface area contributed by atoms with Crippen molar-refractivity contribution in [2.45, 2.75) is 49.9 Å². The molecule has 1 unspecified atom stereocenters. The highest BCUT2D eigenvalue weighted by molar-refractivity contribution is 5.86. The van der Waals surface area contributed by atoms with Crippen LogP contribution in [0.2, 0.25) is 0 Å². The Morgan fingerprint density at radius 1 is 1.41 bits per heavy atom. The van der Waals surface area contributed by atoms with Gasteiger partial charge in [0.05, 0.1) is 12.6 Å². The molecule has 100 valence electrons. The molecule has 6 N–H and O–H groups in total. The van der Waals surface area contributed by atoms with Gasteiger partial charge >= 0.3 is 0 Å². The normalized spacial score (nSPS) is 42.5. The quantitative estimate of drug-likeness (QED) is 0.371. The molecule has 7 nitrogen and oxygen atoms in total. The van der Waals surface area contributed by atoms with Gasteiger partial charge in [-0.05, 0) is 6.42 Å². The van der Waals surface area contributed by atoms with Crippen molar-refractivity contribution < 1.29 is 30.0 Å². The van der Waals surface area contributed by atoms with Crippen molar-refractivity contribution >= 4 is 5.78 Å². The number of ether oxygens (including phenoxy) is 1. The number of carbonyl (C=O) groups is 1. The Balaban J connectivity index is 2.94. The van der Waals surface area contributed by atoms with Crippen LogP contribution in [-0.2, 0) is 9.53 Å². The van der Waals surface area contributed by atoms with Crippen molar-refractivity contribution in [1.29, 1.82) is 0 Å². The molecule has 0 aromatic rings. The second kappa shape index (κ2) is 5.38. The first-order valence-electron chi connectivity index (χ1n) is 5.54. The maximum absolute atomic E-state index is 11.7. The van der Waals surface area contributed by atoms with E-state index in [9.17, 15) is 20.1 Å². The van der Waals surface area contributed by atoms with E-state index >= 15 is 0 Å². The zero-order valence-electron chi connectivity index (χ0n) is 9.61. The summed E-state index contributed by atoms with van der Waals surface area (Å²) in [7, 11) is 0. The van der Waals surface area contributed by atoms with E-state index in [1.807, 2.05) is 0 Å². The van der Waals surface area contributed by atoms with E-state index in [1.165, 1.54) is 0 Å². The summed E-state index contributed by atoms with van der Waals surface area (Å²) in [5, 5.41) is 38.1. The van der Waals surface area contributed by atoms with Crippen LogP contribution >= 0.6 is 0 Å². The van der Waals surface area contributed by atoms with Crippen LogP contribution in [0.5, 0.6) is 0 Å². The molecule has 1 rings (SSSR count). The van der Waals surface area contributed by atoms with E-state index < -0.39 is 42.5 Å². The Bertz CT molecular complexity index is 284. The molecule has 17 heavy (non-hydrogen) atoms.